The lowest BCUT2D eigenvalue weighted by atomic mass is 10.1. The molecule has 0 unspecified atom stereocenters. The number of aromatic nitrogens is 1. The maximum atomic E-state index is 5.32. The maximum absolute atomic E-state index is 5.32. The Balaban J connectivity index is 2.17. The molecule has 1 aromatic heterocycles. The largest absolute Gasteiger partial charge is 0.369 e. The van der Waals surface area contributed by atoms with Crippen molar-refractivity contribution < 1.29 is 0 Å². The van der Waals surface area contributed by atoms with Crippen LogP contribution in [0.25, 0.3) is 10.6 Å². The molecule has 0 amide bonds. The van der Waals surface area contributed by atoms with E-state index in [2.05, 4.69) is 46.4 Å². The second kappa shape index (κ2) is 8.59. The standard InChI is InChI=1S/C18H25N5S/c1-4-5-6-7-14-8-10-15(11-9-14)17-21-12(2)16(24-17)13(3)22-23-18(19)20/h8-11H,4-7H2,1-3H3,(H4,19,20,23)/b22-13-. The Bertz CT molecular complexity index is 724. The Morgan fingerprint density at radius 1 is 1.12 bits per heavy atom. The second-order valence-electron chi connectivity index (χ2n) is 5.80. The van der Waals surface area contributed by atoms with Gasteiger partial charge in [0.1, 0.15) is 5.01 Å². The van der Waals surface area contributed by atoms with Gasteiger partial charge < -0.3 is 11.5 Å². The van der Waals surface area contributed by atoms with Gasteiger partial charge in [0, 0.05) is 5.56 Å². The fourth-order valence-corrected chi connectivity index (χ4v) is 3.44. The molecule has 5 nitrogen and oxygen atoms in total. The summed E-state index contributed by atoms with van der Waals surface area (Å²) in [7, 11) is 0. The fraction of sp³-hybridized carbons (Fsp3) is 0.389. The number of thiazole rings is 1. The van der Waals surface area contributed by atoms with Crippen LogP contribution in [0.15, 0.2) is 34.5 Å². The first-order valence-corrected chi connectivity index (χ1v) is 9.03. The summed E-state index contributed by atoms with van der Waals surface area (Å²) in [6.07, 6.45) is 4.92. The Kier molecular flexibility index (Phi) is 6.49. The predicted molar refractivity (Wildman–Crippen MR) is 104 cm³/mol. The van der Waals surface area contributed by atoms with Crippen LogP contribution in [0.4, 0.5) is 0 Å². The van der Waals surface area contributed by atoms with Crippen LogP contribution in [0.1, 0.15) is 49.2 Å². The maximum Gasteiger partial charge on any atom is 0.211 e. The molecular weight excluding hydrogens is 318 g/mol. The lowest BCUT2D eigenvalue weighted by molar-refractivity contribution is 0.717. The van der Waals surface area contributed by atoms with Crippen molar-refractivity contribution in [2.75, 3.05) is 0 Å². The molecular formula is C18H25N5S. The molecule has 6 heteroatoms. The van der Waals surface area contributed by atoms with Gasteiger partial charge in [0.2, 0.25) is 5.96 Å². The van der Waals surface area contributed by atoms with E-state index in [-0.39, 0.29) is 5.96 Å². The Labute approximate surface area is 147 Å². The van der Waals surface area contributed by atoms with Gasteiger partial charge in [-0.2, -0.15) is 5.10 Å². The van der Waals surface area contributed by atoms with Crippen LogP contribution in [0, 0.1) is 6.92 Å². The topological polar surface area (TPSA) is 89.6 Å². The SMILES string of the molecule is CCCCCc1ccc(-c2nc(C)c(/C(C)=N\N=C(N)N)s2)cc1. The van der Waals surface area contributed by atoms with Crippen molar-refractivity contribution in [3.63, 3.8) is 0 Å². The summed E-state index contributed by atoms with van der Waals surface area (Å²) in [5.41, 5.74) is 14.9. The van der Waals surface area contributed by atoms with Crippen LogP contribution in [0.3, 0.4) is 0 Å². The monoisotopic (exact) mass is 343 g/mol. The summed E-state index contributed by atoms with van der Waals surface area (Å²) < 4.78 is 0. The summed E-state index contributed by atoms with van der Waals surface area (Å²) in [5.74, 6) is -0.0459. The van der Waals surface area contributed by atoms with Gasteiger partial charge >= 0.3 is 0 Å². The summed E-state index contributed by atoms with van der Waals surface area (Å²) in [6.45, 7) is 6.08. The summed E-state index contributed by atoms with van der Waals surface area (Å²) >= 11 is 1.61. The fourth-order valence-electron chi connectivity index (χ4n) is 2.43. The molecule has 128 valence electrons. The molecule has 0 radical (unpaired) electrons. The number of hydrogen-bond donors (Lipinski definition) is 2. The highest BCUT2D eigenvalue weighted by Crippen LogP contribution is 2.29. The van der Waals surface area contributed by atoms with Gasteiger partial charge in [-0.15, -0.1) is 16.4 Å². The highest BCUT2D eigenvalue weighted by molar-refractivity contribution is 7.17. The highest BCUT2D eigenvalue weighted by Gasteiger charge is 2.12. The average Bonchev–Trinajstić information content (AvgIpc) is 2.95. The number of benzene rings is 1. The van der Waals surface area contributed by atoms with Crippen LogP contribution in [0.5, 0.6) is 0 Å². The van der Waals surface area contributed by atoms with Crippen LogP contribution in [-0.2, 0) is 6.42 Å². The first-order valence-electron chi connectivity index (χ1n) is 8.21. The average molecular weight is 344 g/mol. The van der Waals surface area contributed by atoms with Crippen LogP contribution in [0.2, 0.25) is 0 Å². The third-order valence-corrected chi connectivity index (χ3v) is 5.03. The molecule has 0 spiro atoms. The molecule has 0 saturated heterocycles. The molecule has 4 N–H and O–H groups in total. The van der Waals surface area contributed by atoms with Crippen molar-refractivity contribution in [2.24, 2.45) is 21.7 Å². The van der Waals surface area contributed by atoms with E-state index < -0.39 is 0 Å². The predicted octanol–water partition coefficient (Wildman–Crippen LogP) is 3.85. The van der Waals surface area contributed by atoms with Crippen LogP contribution >= 0.6 is 11.3 Å². The molecule has 2 rings (SSSR count). The van der Waals surface area contributed by atoms with Gasteiger partial charge in [-0.05, 0) is 32.3 Å². The minimum atomic E-state index is -0.0459. The molecule has 0 aliphatic rings. The summed E-state index contributed by atoms with van der Waals surface area (Å²) in [4.78, 5) is 5.66. The molecule has 0 atom stereocenters. The lowest BCUT2D eigenvalue weighted by Crippen LogP contribution is -2.22. The van der Waals surface area contributed by atoms with Gasteiger partial charge in [-0.25, -0.2) is 4.98 Å². The van der Waals surface area contributed by atoms with Crippen molar-refractivity contribution in [3.05, 3.63) is 40.4 Å². The Morgan fingerprint density at radius 2 is 1.83 bits per heavy atom. The molecule has 2 aromatic rings. The van der Waals surface area contributed by atoms with Crippen molar-refractivity contribution >= 4 is 23.0 Å². The van der Waals surface area contributed by atoms with Gasteiger partial charge in [0.05, 0.1) is 16.3 Å². The van der Waals surface area contributed by atoms with Gasteiger partial charge in [0.25, 0.3) is 0 Å². The third kappa shape index (κ3) is 4.89. The van der Waals surface area contributed by atoms with E-state index in [1.807, 2.05) is 13.8 Å². The number of rotatable bonds is 7. The number of nitrogens with zero attached hydrogens (tertiary/aromatic N) is 3. The molecule has 24 heavy (non-hydrogen) atoms. The van der Waals surface area contributed by atoms with Crippen LogP contribution in [-0.4, -0.2) is 16.7 Å². The quantitative estimate of drug-likeness (QED) is 0.346. The smallest absolute Gasteiger partial charge is 0.211 e. The van der Waals surface area contributed by atoms with Gasteiger partial charge in [0.15, 0.2) is 0 Å². The zero-order valence-corrected chi connectivity index (χ0v) is 15.4. The first kappa shape index (κ1) is 18.1. The number of hydrogen-bond acceptors (Lipinski definition) is 4. The zero-order valence-electron chi connectivity index (χ0n) is 14.5. The summed E-state index contributed by atoms with van der Waals surface area (Å²) in [5, 5.41) is 8.74. The molecule has 1 aromatic carbocycles. The second-order valence-corrected chi connectivity index (χ2v) is 6.80. The van der Waals surface area contributed by atoms with E-state index >= 15 is 0 Å². The van der Waals surface area contributed by atoms with Crippen molar-refractivity contribution in [3.8, 4) is 10.6 Å². The zero-order chi connectivity index (χ0) is 17.5. The van der Waals surface area contributed by atoms with E-state index in [0.29, 0.717) is 0 Å². The van der Waals surface area contributed by atoms with Gasteiger partial charge in [-0.1, -0.05) is 44.0 Å². The molecule has 0 fully saturated rings. The number of aryl methyl sites for hydroxylation is 2. The van der Waals surface area contributed by atoms with Crippen molar-refractivity contribution in [1.29, 1.82) is 0 Å². The van der Waals surface area contributed by atoms with E-state index in [0.717, 1.165) is 33.3 Å². The highest BCUT2D eigenvalue weighted by atomic mass is 32.1. The molecule has 0 aliphatic heterocycles. The van der Waals surface area contributed by atoms with E-state index in [1.54, 1.807) is 11.3 Å². The van der Waals surface area contributed by atoms with Gasteiger partial charge in [-0.3, -0.25) is 0 Å². The molecule has 0 saturated carbocycles. The van der Waals surface area contributed by atoms with Crippen molar-refractivity contribution in [2.45, 2.75) is 46.5 Å². The molecule has 1 heterocycles. The van der Waals surface area contributed by atoms with E-state index in [9.17, 15) is 0 Å². The number of unbranched alkanes of at least 4 members (excludes halogenated alkanes) is 2. The normalized spacial score (nSPS) is 11.5. The Hall–Kier alpha value is -2.21. The number of nitrogens with two attached hydrogens (primary N) is 2. The lowest BCUT2D eigenvalue weighted by Gasteiger charge is -2.02. The van der Waals surface area contributed by atoms with Crippen LogP contribution < -0.4 is 11.5 Å². The number of guanidine groups is 1. The van der Waals surface area contributed by atoms with E-state index in [1.165, 1.54) is 24.8 Å². The Morgan fingerprint density at radius 3 is 2.46 bits per heavy atom. The summed E-state index contributed by atoms with van der Waals surface area (Å²) in [6, 6.07) is 8.68. The minimum absolute atomic E-state index is 0.0459. The third-order valence-electron chi connectivity index (χ3n) is 3.71. The molecule has 0 bridgehead atoms. The molecule has 0 aliphatic carbocycles. The first-order chi connectivity index (χ1) is 11.5. The van der Waals surface area contributed by atoms with E-state index in [4.69, 9.17) is 11.5 Å². The minimum Gasteiger partial charge on any atom is -0.369 e. The van der Waals surface area contributed by atoms with Crippen molar-refractivity contribution in [1.82, 2.24) is 4.98 Å².